The van der Waals surface area contributed by atoms with E-state index in [2.05, 4.69) is 52.1 Å². The standard InChI is InChI=1S/C27H37N3O4S/c1-19-16-23(27(4,5)6)17-20(2)25(19)10-11-28-26(32)22-8-7-9-24(18-22)35(33,34)30-14-12-29(13-15-30)21(3)31/h7-9,16-18H,10-15H2,1-6H3,(H,28,32). The average molecular weight is 500 g/mol. The summed E-state index contributed by atoms with van der Waals surface area (Å²) in [5.41, 5.74) is 5.32. The van der Waals surface area contributed by atoms with Gasteiger partial charge in [-0.05, 0) is 66.1 Å². The lowest BCUT2D eigenvalue weighted by molar-refractivity contribution is -0.129. The fourth-order valence-corrected chi connectivity index (χ4v) is 5.88. The summed E-state index contributed by atoms with van der Waals surface area (Å²) in [6.07, 6.45) is 0.701. The van der Waals surface area contributed by atoms with Crippen molar-refractivity contribution in [1.82, 2.24) is 14.5 Å². The molecular formula is C27H37N3O4S. The van der Waals surface area contributed by atoms with Crippen LogP contribution in [0.3, 0.4) is 0 Å². The number of carbonyl (C=O) groups excluding carboxylic acids is 2. The first-order valence-electron chi connectivity index (χ1n) is 12.0. The first-order valence-corrected chi connectivity index (χ1v) is 13.5. The number of nitrogens with one attached hydrogen (secondary N) is 1. The Labute approximate surface area is 209 Å². The fourth-order valence-electron chi connectivity index (χ4n) is 4.41. The molecule has 0 atom stereocenters. The molecule has 2 aromatic carbocycles. The molecule has 3 rings (SSSR count). The van der Waals surface area contributed by atoms with E-state index in [1.54, 1.807) is 17.0 Å². The highest BCUT2D eigenvalue weighted by molar-refractivity contribution is 7.89. The lowest BCUT2D eigenvalue weighted by Crippen LogP contribution is -2.49. The Hall–Kier alpha value is -2.71. The van der Waals surface area contributed by atoms with Crippen LogP contribution in [0.5, 0.6) is 0 Å². The first-order chi connectivity index (χ1) is 16.3. The van der Waals surface area contributed by atoms with Crippen molar-refractivity contribution < 1.29 is 18.0 Å². The van der Waals surface area contributed by atoms with Crippen LogP contribution in [0.25, 0.3) is 0 Å². The van der Waals surface area contributed by atoms with Gasteiger partial charge in [0.05, 0.1) is 4.90 Å². The second-order valence-corrected chi connectivity index (χ2v) is 12.2. The van der Waals surface area contributed by atoms with Gasteiger partial charge in [-0.15, -0.1) is 0 Å². The number of sulfonamides is 1. The van der Waals surface area contributed by atoms with Gasteiger partial charge in [0, 0.05) is 45.2 Å². The van der Waals surface area contributed by atoms with Crippen molar-refractivity contribution in [3.8, 4) is 0 Å². The normalized spacial score (nSPS) is 15.2. The summed E-state index contributed by atoms with van der Waals surface area (Å²) in [6, 6.07) is 10.6. The molecule has 0 unspecified atom stereocenters. The van der Waals surface area contributed by atoms with E-state index >= 15 is 0 Å². The predicted octanol–water partition coefficient (Wildman–Crippen LogP) is 3.43. The Morgan fingerprint density at radius 2 is 1.57 bits per heavy atom. The van der Waals surface area contributed by atoms with E-state index < -0.39 is 10.0 Å². The molecular weight excluding hydrogens is 462 g/mol. The van der Waals surface area contributed by atoms with Crippen LogP contribution < -0.4 is 5.32 Å². The average Bonchev–Trinajstić information content (AvgIpc) is 2.80. The zero-order valence-corrected chi connectivity index (χ0v) is 22.5. The number of rotatable bonds is 6. The van der Waals surface area contributed by atoms with Crippen LogP contribution in [0.2, 0.25) is 0 Å². The minimum atomic E-state index is -3.74. The molecule has 0 spiro atoms. The third kappa shape index (κ3) is 6.30. The summed E-state index contributed by atoms with van der Waals surface area (Å²) in [7, 11) is -3.74. The van der Waals surface area contributed by atoms with Gasteiger partial charge in [0.15, 0.2) is 0 Å². The Bertz CT molecular complexity index is 1180. The number of piperazine rings is 1. The molecule has 190 valence electrons. The Kier molecular flexibility index (Phi) is 8.07. The van der Waals surface area contributed by atoms with Crippen LogP contribution in [0.1, 0.15) is 60.3 Å². The fraction of sp³-hybridized carbons (Fsp3) is 0.481. The zero-order chi connectivity index (χ0) is 26.0. The van der Waals surface area contributed by atoms with Gasteiger partial charge in [-0.1, -0.05) is 39.0 Å². The van der Waals surface area contributed by atoms with Gasteiger partial charge in [0.2, 0.25) is 15.9 Å². The van der Waals surface area contributed by atoms with Gasteiger partial charge in [0.25, 0.3) is 5.91 Å². The summed E-state index contributed by atoms with van der Waals surface area (Å²) in [5, 5.41) is 2.93. The summed E-state index contributed by atoms with van der Waals surface area (Å²) in [5.74, 6) is -0.360. The lowest BCUT2D eigenvalue weighted by atomic mass is 9.83. The van der Waals surface area contributed by atoms with Crippen molar-refractivity contribution in [2.75, 3.05) is 32.7 Å². The second-order valence-electron chi connectivity index (χ2n) is 10.3. The lowest BCUT2D eigenvalue weighted by Gasteiger charge is -2.33. The number of benzene rings is 2. The highest BCUT2D eigenvalue weighted by Crippen LogP contribution is 2.27. The van der Waals surface area contributed by atoms with E-state index in [-0.39, 0.29) is 35.2 Å². The van der Waals surface area contributed by atoms with Crippen LogP contribution in [-0.4, -0.2) is 62.2 Å². The SMILES string of the molecule is CC(=O)N1CCN(S(=O)(=O)c2cccc(C(=O)NCCc3c(C)cc(C(C)(C)C)cc3C)c2)CC1. The topological polar surface area (TPSA) is 86.8 Å². The van der Waals surface area contributed by atoms with Crippen molar-refractivity contribution in [1.29, 1.82) is 0 Å². The molecule has 1 aliphatic heterocycles. The number of aryl methyl sites for hydroxylation is 2. The summed E-state index contributed by atoms with van der Waals surface area (Å²) in [4.78, 5) is 26.1. The van der Waals surface area contributed by atoms with Crippen molar-refractivity contribution in [3.63, 3.8) is 0 Å². The Morgan fingerprint density at radius 3 is 2.11 bits per heavy atom. The molecule has 0 aliphatic carbocycles. The molecule has 2 aromatic rings. The van der Waals surface area contributed by atoms with Crippen LogP contribution in [0.15, 0.2) is 41.3 Å². The highest BCUT2D eigenvalue weighted by Gasteiger charge is 2.29. The largest absolute Gasteiger partial charge is 0.352 e. The van der Waals surface area contributed by atoms with Gasteiger partial charge in [-0.3, -0.25) is 9.59 Å². The summed E-state index contributed by atoms with van der Waals surface area (Å²) in [6.45, 7) is 13.9. The van der Waals surface area contributed by atoms with Crippen LogP contribution in [-0.2, 0) is 26.7 Å². The number of hydrogen-bond acceptors (Lipinski definition) is 4. The summed E-state index contributed by atoms with van der Waals surface area (Å²) < 4.78 is 27.6. The van der Waals surface area contributed by atoms with Gasteiger partial charge in [0.1, 0.15) is 0 Å². The monoisotopic (exact) mass is 499 g/mol. The molecule has 0 aromatic heterocycles. The third-order valence-electron chi connectivity index (χ3n) is 6.64. The maximum absolute atomic E-state index is 13.1. The Balaban J connectivity index is 1.65. The molecule has 1 saturated heterocycles. The van der Waals surface area contributed by atoms with E-state index in [1.165, 1.54) is 45.6 Å². The van der Waals surface area contributed by atoms with Gasteiger partial charge in [-0.2, -0.15) is 4.31 Å². The second kappa shape index (κ2) is 10.5. The van der Waals surface area contributed by atoms with E-state index in [9.17, 15) is 18.0 Å². The molecule has 0 radical (unpaired) electrons. The van der Waals surface area contributed by atoms with E-state index in [1.807, 2.05) is 0 Å². The molecule has 1 heterocycles. The molecule has 1 N–H and O–H groups in total. The predicted molar refractivity (Wildman–Crippen MR) is 138 cm³/mol. The van der Waals surface area contributed by atoms with Crippen LogP contribution >= 0.6 is 0 Å². The van der Waals surface area contributed by atoms with E-state index in [4.69, 9.17) is 0 Å². The number of nitrogens with zero attached hydrogens (tertiary/aromatic N) is 2. The quantitative estimate of drug-likeness (QED) is 0.660. The highest BCUT2D eigenvalue weighted by atomic mass is 32.2. The van der Waals surface area contributed by atoms with Crippen molar-refractivity contribution in [2.45, 2.75) is 58.3 Å². The Morgan fingerprint density at radius 1 is 0.971 bits per heavy atom. The molecule has 0 saturated carbocycles. The zero-order valence-electron chi connectivity index (χ0n) is 21.6. The molecule has 1 aliphatic rings. The first kappa shape index (κ1) is 26.9. The van der Waals surface area contributed by atoms with Gasteiger partial charge < -0.3 is 10.2 Å². The number of carbonyl (C=O) groups is 2. The van der Waals surface area contributed by atoms with Crippen molar-refractivity contribution in [3.05, 3.63) is 64.2 Å². The van der Waals surface area contributed by atoms with E-state index in [0.717, 1.165) is 0 Å². The molecule has 0 bridgehead atoms. The minimum absolute atomic E-state index is 0.0590. The molecule has 35 heavy (non-hydrogen) atoms. The molecule has 8 heteroatoms. The third-order valence-corrected chi connectivity index (χ3v) is 8.54. The maximum atomic E-state index is 13.1. The van der Waals surface area contributed by atoms with Gasteiger partial charge in [-0.25, -0.2) is 8.42 Å². The maximum Gasteiger partial charge on any atom is 0.251 e. The summed E-state index contributed by atoms with van der Waals surface area (Å²) >= 11 is 0. The molecule has 7 nitrogen and oxygen atoms in total. The van der Waals surface area contributed by atoms with Crippen molar-refractivity contribution in [2.24, 2.45) is 0 Å². The minimum Gasteiger partial charge on any atom is -0.352 e. The molecule has 2 amide bonds. The van der Waals surface area contributed by atoms with E-state index in [0.29, 0.717) is 31.6 Å². The molecule has 1 fully saturated rings. The number of hydrogen-bond donors (Lipinski definition) is 1. The smallest absolute Gasteiger partial charge is 0.251 e. The van der Waals surface area contributed by atoms with Gasteiger partial charge >= 0.3 is 0 Å². The van der Waals surface area contributed by atoms with Crippen molar-refractivity contribution >= 4 is 21.8 Å². The number of amides is 2. The van der Waals surface area contributed by atoms with Crippen LogP contribution in [0, 0.1) is 13.8 Å². The van der Waals surface area contributed by atoms with Crippen LogP contribution in [0.4, 0.5) is 0 Å².